The Morgan fingerprint density at radius 1 is 1.56 bits per heavy atom. The molecule has 98 valence electrons. The molecule has 1 unspecified atom stereocenters. The molecule has 1 aliphatic rings. The maximum Gasteiger partial charge on any atom is 0.271 e. The molecule has 6 nitrogen and oxygen atoms in total. The number of primary amides is 1. The van der Waals surface area contributed by atoms with E-state index in [4.69, 9.17) is 5.73 Å². The summed E-state index contributed by atoms with van der Waals surface area (Å²) < 4.78 is 0. The normalized spacial score (nSPS) is 19.8. The Morgan fingerprint density at radius 3 is 3.06 bits per heavy atom. The van der Waals surface area contributed by atoms with E-state index in [0.717, 1.165) is 26.1 Å². The van der Waals surface area contributed by atoms with Crippen LogP contribution >= 0.6 is 0 Å². The number of rotatable bonds is 4. The molecule has 18 heavy (non-hydrogen) atoms. The molecule has 1 fully saturated rings. The molecule has 1 amide bonds. The number of amides is 1. The Morgan fingerprint density at radius 2 is 2.33 bits per heavy atom. The van der Waals surface area contributed by atoms with Gasteiger partial charge in [0.25, 0.3) is 5.91 Å². The van der Waals surface area contributed by atoms with E-state index in [1.807, 2.05) is 7.05 Å². The fraction of sp³-hybridized carbons (Fsp3) is 0.583. The van der Waals surface area contributed by atoms with Crippen LogP contribution < -0.4 is 16.0 Å². The predicted octanol–water partition coefficient (Wildman–Crippen LogP) is 0.0113. The van der Waals surface area contributed by atoms with Crippen LogP contribution in [0.3, 0.4) is 0 Å². The summed E-state index contributed by atoms with van der Waals surface area (Å²) in [4.78, 5) is 21.8. The predicted molar refractivity (Wildman–Crippen MR) is 69.4 cm³/mol. The zero-order valence-electron chi connectivity index (χ0n) is 10.6. The Labute approximate surface area is 107 Å². The van der Waals surface area contributed by atoms with Crippen LogP contribution in [0.4, 0.5) is 5.82 Å². The van der Waals surface area contributed by atoms with E-state index in [2.05, 4.69) is 20.2 Å². The number of nitrogens with one attached hydrogen (secondary N) is 1. The number of carbonyl (C=O) groups is 1. The van der Waals surface area contributed by atoms with Crippen molar-refractivity contribution in [3.05, 3.63) is 18.1 Å². The van der Waals surface area contributed by atoms with Crippen molar-refractivity contribution in [2.45, 2.75) is 12.8 Å². The lowest BCUT2D eigenvalue weighted by molar-refractivity contribution is 0.0995. The molecule has 1 atom stereocenters. The molecular weight excluding hydrogens is 230 g/mol. The van der Waals surface area contributed by atoms with Gasteiger partial charge in [-0.3, -0.25) is 4.79 Å². The highest BCUT2D eigenvalue weighted by Crippen LogP contribution is 2.22. The standard InChI is InChI=1S/C12H19N5O/c1-14-7-9-3-2-6-17(8-9)12-10(11(13)18)15-4-5-16-12/h4-5,9,14H,2-3,6-8H2,1H3,(H2,13,18). The quantitative estimate of drug-likeness (QED) is 0.785. The Hall–Kier alpha value is -1.69. The van der Waals surface area contributed by atoms with Gasteiger partial charge in [0, 0.05) is 25.5 Å². The van der Waals surface area contributed by atoms with E-state index in [9.17, 15) is 4.79 Å². The van der Waals surface area contributed by atoms with Gasteiger partial charge < -0.3 is 16.0 Å². The van der Waals surface area contributed by atoms with Gasteiger partial charge in [0.2, 0.25) is 0 Å². The first-order chi connectivity index (χ1) is 8.72. The molecule has 0 bridgehead atoms. The number of nitrogens with zero attached hydrogens (tertiary/aromatic N) is 3. The zero-order valence-corrected chi connectivity index (χ0v) is 10.6. The van der Waals surface area contributed by atoms with E-state index < -0.39 is 5.91 Å². The third kappa shape index (κ3) is 2.76. The lowest BCUT2D eigenvalue weighted by atomic mass is 9.98. The van der Waals surface area contributed by atoms with Crippen molar-refractivity contribution in [3.8, 4) is 0 Å². The molecule has 0 radical (unpaired) electrons. The van der Waals surface area contributed by atoms with Crippen LogP contribution in [-0.2, 0) is 0 Å². The van der Waals surface area contributed by atoms with E-state index >= 15 is 0 Å². The van der Waals surface area contributed by atoms with Crippen LogP contribution in [0, 0.1) is 5.92 Å². The smallest absolute Gasteiger partial charge is 0.271 e. The summed E-state index contributed by atoms with van der Waals surface area (Å²) >= 11 is 0. The SMILES string of the molecule is CNCC1CCCN(c2nccnc2C(N)=O)C1. The Bertz CT molecular complexity index is 421. The summed E-state index contributed by atoms with van der Waals surface area (Å²) in [5, 5.41) is 3.19. The first-order valence-corrected chi connectivity index (χ1v) is 6.22. The third-order valence-electron chi connectivity index (χ3n) is 3.22. The number of piperidine rings is 1. The minimum Gasteiger partial charge on any atom is -0.364 e. The lowest BCUT2D eigenvalue weighted by Gasteiger charge is -2.33. The van der Waals surface area contributed by atoms with Crippen molar-refractivity contribution < 1.29 is 4.79 Å². The third-order valence-corrected chi connectivity index (χ3v) is 3.22. The topological polar surface area (TPSA) is 84.1 Å². The van der Waals surface area contributed by atoms with Crippen molar-refractivity contribution in [1.29, 1.82) is 0 Å². The zero-order chi connectivity index (χ0) is 13.0. The molecule has 2 heterocycles. The first-order valence-electron chi connectivity index (χ1n) is 6.22. The molecule has 1 aromatic heterocycles. The van der Waals surface area contributed by atoms with E-state index in [1.165, 1.54) is 12.6 Å². The fourth-order valence-corrected chi connectivity index (χ4v) is 2.45. The highest BCUT2D eigenvalue weighted by atomic mass is 16.1. The van der Waals surface area contributed by atoms with Crippen molar-refractivity contribution in [3.63, 3.8) is 0 Å². The van der Waals surface area contributed by atoms with E-state index in [0.29, 0.717) is 11.7 Å². The summed E-state index contributed by atoms with van der Waals surface area (Å²) in [5.74, 6) is 0.672. The van der Waals surface area contributed by atoms with Gasteiger partial charge in [0.05, 0.1) is 0 Å². The van der Waals surface area contributed by atoms with Crippen molar-refractivity contribution in [1.82, 2.24) is 15.3 Å². The Kier molecular flexibility index (Phi) is 4.09. The molecule has 1 saturated heterocycles. The van der Waals surface area contributed by atoms with Gasteiger partial charge in [-0.05, 0) is 32.4 Å². The number of nitrogens with two attached hydrogens (primary N) is 1. The summed E-state index contributed by atoms with van der Waals surface area (Å²) in [5.41, 5.74) is 5.60. The van der Waals surface area contributed by atoms with Crippen LogP contribution in [-0.4, -0.2) is 42.6 Å². The van der Waals surface area contributed by atoms with Crippen LogP contribution in [0.15, 0.2) is 12.4 Å². The highest BCUT2D eigenvalue weighted by molar-refractivity contribution is 5.95. The van der Waals surface area contributed by atoms with Gasteiger partial charge in [0.15, 0.2) is 11.5 Å². The van der Waals surface area contributed by atoms with Crippen LogP contribution in [0.2, 0.25) is 0 Å². The first kappa shape index (κ1) is 12.8. The summed E-state index contributed by atoms with van der Waals surface area (Å²) in [6.07, 6.45) is 5.40. The van der Waals surface area contributed by atoms with Gasteiger partial charge in [-0.1, -0.05) is 0 Å². The number of carbonyl (C=O) groups excluding carboxylic acids is 1. The van der Waals surface area contributed by atoms with Crippen molar-refractivity contribution in [2.75, 3.05) is 31.6 Å². The second-order valence-electron chi connectivity index (χ2n) is 4.60. The second kappa shape index (κ2) is 5.77. The molecule has 2 rings (SSSR count). The van der Waals surface area contributed by atoms with E-state index in [-0.39, 0.29) is 5.69 Å². The van der Waals surface area contributed by atoms with Crippen LogP contribution in [0.5, 0.6) is 0 Å². The maximum absolute atomic E-state index is 11.4. The molecule has 0 aliphatic carbocycles. The van der Waals surface area contributed by atoms with Crippen LogP contribution in [0.1, 0.15) is 23.3 Å². The molecule has 1 aliphatic heterocycles. The largest absolute Gasteiger partial charge is 0.364 e. The number of hydrogen-bond donors (Lipinski definition) is 2. The molecule has 0 spiro atoms. The summed E-state index contributed by atoms with van der Waals surface area (Å²) in [6.45, 7) is 2.77. The monoisotopic (exact) mass is 249 g/mol. The number of aromatic nitrogens is 2. The van der Waals surface area contributed by atoms with Gasteiger partial charge in [-0.25, -0.2) is 9.97 Å². The minimum atomic E-state index is -0.520. The average Bonchev–Trinajstić information content (AvgIpc) is 2.39. The van der Waals surface area contributed by atoms with Crippen LogP contribution in [0.25, 0.3) is 0 Å². The number of hydrogen-bond acceptors (Lipinski definition) is 5. The molecule has 0 aromatic carbocycles. The Balaban J connectivity index is 2.18. The van der Waals surface area contributed by atoms with Crippen molar-refractivity contribution in [2.24, 2.45) is 11.7 Å². The maximum atomic E-state index is 11.4. The lowest BCUT2D eigenvalue weighted by Crippen LogP contribution is -2.40. The number of anilines is 1. The summed E-state index contributed by atoms with van der Waals surface area (Å²) in [7, 11) is 1.95. The van der Waals surface area contributed by atoms with Gasteiger partial charge in [0.1, 0.15) is 0 Å². The molecular formula is C12H19N5O. The van der Waals surface area contributed by atoms with Gasteiger partial charge in [-0.15, -0.1) is 0 Å². The minimum absolute atomic E-state index is 0.266. The van der Waals surface area contributed by atoms with Gasteiger partial charge >= 0.3 is 0 Å². The highest BCUT2D eigenvalue weighted by Gasteiger charge is 2.24. The summed E-state index contributed by atoms with van der Waals surface area (Å²) in [6, 6.07) is 0. The van der Waals surface area contributed by atoms with Crippen molar-refractivity contribution >= 4 is 11.7 Å². The average molecular weight is 249 g/mol. The molecule has 3 N–H and O–H groups in total. The second-order valence-corrected chi connectivity index (χ2v) is 4.60. The van der Waals surface area contributed by atoms with Gasteiger partial charge in [-0.2, -0.15) is 0 Å². The fourth-order valence-electron chi connectivity index (χ4n) is 2.45. The molecule has 6 heteroatoms. The molecule has 0 saturated carbocycles. The van der Waals surface area contributed by atoms with E-state index in [1.54, 1.807) is 6.20 Å². The molecule has 1 aromatic rings.